The topological polar surface area (TPSA) is 83.9 Å². The Balaban J connectivity index is 2.81. The molecule has 0 bridgehead atoms. The molecule has 2 aromatic rings. The molecule has 0 aliphatic carbocycles. The van der Waals surface area contributed by atoms with Crippen molar-refractivity contribution in [3.05, 3.63) is 34.3 Å². The van der Waals surface area contributed by atoms with Gasteiger partial charge in [-0.15, -0.1) is 11.3 Å². The van der Waals surface area contributed by atoms with E-state index in [2.05, 4.69) is 15.9 Å². The first kappa shape index (κ1) is 14.1. The summed E-state index contributed by atoms with van der Waals surface area (Å²) in [4.78, 5) is 0. The van der Waals surface area contributed by atoms with Crippen molar-refractivity contribution in [1.82, 2.24) is 0 Å². The quantitative estimate of drug-likeness (QED) is 0.895. The predicted molar refractivity (Wildman–Crippen MR) is 79.7 cm³/mol. The molecule has 0 saturated heterocycles. The third kappa shape index (κ3) is 2.66. The summed E-state index contributed by atoms with van der Waals surface area (Å²) in [5.74, 6) is 0. The van der Waals surface area contributed by atoms with Crippen molar-refractivity contribution in [2.75, 3.05) is 12.0 Å². The van der Waals surface area contributed by atoms with Crippen LogP contribution in [-0.2, 0) is 9.84 Å². The van der Waals surface area contributed by atoms with E-state index in [-0.39, 0.29) is 14.8 Å². The molecule has 0 spiro atoms. The highest BCUT2D eigenvalue weighted by Crippen LogP contribution is 2.41. The van der Waals surface area contributed by atoms with Crippen molar-refractivity contribution in [2.24, 2.45) is 0 Å². The Labute approximate surface area is 123 Å². The minimum atomic E-state index is -3.43. The maximum atomic E-state index is 11.8. The van der Waals surface area contributed by atoms with Crippen molar-refractivity contribution in [3.8, 4) is 17.2 Å². The summed E-state index contributed by atoms with van der Waals surface area (Å²) in [7, 11) is -3.43. The molecular weight excluding hydrogens is 348 g/mol. The fourth-order valence-corrected chi connectivity index (χ4v) is 4.18. The second-order valence-electron chi connectivity index (χ2n) is 3.89. The van der Waals surface area contributed by atoms with Crippen molar-refractivity contribution in [3.63, 3.8) is 0 Å². The van der Waals surface area contributed by atoms with Gasteiger partial charge in [0.2, 0.25) is 0 Å². The van der Waals surface area contributed by atoms with Crippen LogP contribution in [0, 0.1) is 11.3 Å². The predicted octanol–water partition coefficient (Wildman–Crippen LogP) is 3.03. The van der Waals surface area contributed by atoms with E-state index in [1.807, 2.05) is 6.07 Å². The van der Waals surface area contributed by atoms with Gasteiger partial charge in [0.05, 0.1) is 5.56 Å². The number of nitrogen functional groups attached to an aromatic ring is 1. The summed E-state index contributed by atoms with van der Waals surface area (Å²) in [6.45, 7) is 0. The zero-order valence-electron chi connectivity index (χ0n) is 9.84. The number of halogens is 1. The lowest BCUT2D eigenvalue weighted by molar-refractivity contribution is 0.604. The Morgan fingerprint density at radius 2 is 1.89 bits per heavy atom. The van der Waals surface area contributed by atoms with Gasteiger partial charge in [-0.2, -0.15) is 5.26 Å². The number of rotatable bonds is 2. The SMILES string of the molecule is CS(=O)(=O)c1sc(N)c(C#N)c1-c1ccc(Br)cc1. The lowest BCUT2D eigenvalue weighted by atomic mass is 10.1. The molecule has 19 heavy (non-hydrogen) atoms. The van der Waals surface area contributed by atoms with E-state index >= 15 is 0 Å². The molecule has 98 valence electrons. The number of hydrogen-bond acceptors (Lipinski definition) is 5. The molecule has 0 aliphatic heterocycles. The summed E-state index contributed by atoms with van der Waals surface area (Å²) in [6, 6.07) is 9.06. The van der Waals surface area contributed by atoms with E-state index in [1.165, 1.54) is 0 Å². The van der Waals surface area contributed by atoms with E-state index in [0.717, 1.165) is 22.1 Å². The number of sulfone groups is 1. The van der Waals surface area contributed by atoms with E-state index < -0.39 is 9.84 Å². The number of benzene rings is 1. The zero-order valence-corrected chi connectivity index (χ0v) is 13.1. The van der Waals surface area contributed by atoms with Crippen LogP contribution in [0.15, 0.2) is 32.9 Å². The highest BCUT2D eigenvalue weighted by atomic mass is 79.9. The van der Waals surface area contributed by atoms with Crippen LogP contribution >= 0.6 is 27.3 Å². The van der Waals surface area contributed by atoms with Crippen LogP contribution in [0.1, 0.15) is 5.56 Å². The lowest BCUT2D eigenvalue weighted by Crippen LogP contribution is -1.96. The molecule has 1 heterocycles. The third-order valence-corrected chi connectivity index (χ3v) is 5.86. The van der Waals surface area contributed by atoms with E-state index in [0.29, 0.717) is 11.1 Å². The number of anilines is 1. The van der Waals surface area contributed by atoms with Crippen molar-refractivity contribution < 1.29 is 8.42 Å². The van der Waals surface area contributed by atoms with Crippen LogP contribution in [-0.4, -0.2) is 14.7 Å². The molecule has 2 rings (SSSR count). The average molecular weight is 357 g/mol. The fourth-order valence-electron chi connectivity index (χ4n) is 1.68. The Morgan fingerprint density at radius 1 is 1.32 bits per heavy atom. The van der Waals surface area contributed by atoms with Gasteiger partial charge >= 0.3 is 0 Å². The number of nitrogens with two attached hydrogens (primary N) is 1. The number of nitrogens with zero attached hydrogens (tertiary/aromatic N) is 1. The summed E-state index contributed by atoms with van der Waals surface area (Å²) in [5, 5.41) is 9.39. The average Bonchev–Trinajstić information content (AvgIpc) is 2.67. The normalized spacial score (nSPS) is 11.2. The van der Waals surface area contributed by atoms with Gasteiger partial charge in [0.25, 0.3) is 0 Å². The number of hydrogen-bond donors (Lipinski definition) is 1. The first-order valence-electron chi connectivity index (χ1n) is 5.13. The van der Waals surface area contributed by atoms with Crippen LogP contribution in [0.3, 0.4) is 0 Å². The molecule has 0 aliphatic rings. The minimum Gasteiger partial charge on any atom is -0.389 e. The van der Waals surface area contributed by atoms with E-state index in [1.54, 1.807) is 24.3 Å². The zero-order chi connectivity index (χ0) is 14.2. The third-order valence-electron chi connectivity index (χ3n) is 2.48. The second-order valence-corrected chi connectivity index (χ2v) is 8.07. The smallest absolute Gasteiger partial charge is 0.185 e. The highest BCUT2D eigenvalue weighted by molar-refractivity contribution is 9.10. The summed E-state index contributed by atoms with van der Waals surface area (Å²) < 4.78 is 24.6. The largest absolute Gasteiger partial charge is 0.389 e. The molecule has 7 heteroatoms. The van der Waals surface area contributed by atoms with Gasteiger partial charge < -0.3 is 5.73 Å². The van der Waals surface area contributed by atoms with Crippen LogP contribution in [0.2, 0.25) is 0 Å². The lowest BCUT2D eigenvalue weighted by Gasteiger charge is -2.03. The van der Waals surface area contributed by atoms with Gasteiger partial charge in [-0.25, -0.2) is 8.42 Å². The Morgan fingerprint density at radius 3 is 2.37 bits per heavy atom. The van der Waals surface area contributed by atoms with E-state index in [9.17, 15) is 8.42 Å². The molecule has 1 aromatic carbocycles. The van der Waals surface area contributed by atoms with Crippen molar-refractivity contribution in [1.29, 1.82) is 5.26 Å². The second kappa shape index (κ2) is 4.96. The molecule has 2 N–H and O–H groups in total. The molecule has 0 saturated carbocycles. The molecule has 0 fully saturated rings. The van der Waals surface area contributed by atoms with Gasteiger partial charge in [-0.3, -0.25) is 0 Å². The maximum absolute atomic E-state index is 11.8. The standard InChI is InChI=1S/C12H9BrN2O2S2/c1-19(16,17)12-10(9(6-14)11(15)18-12)7-2-4-8(13)5-3-7/h2-5H,15H2,1H3. The minimum absolute atomic E-state index is 0.129. The number of thiophene rings is 1. The van der Waals surface area contributed by atoms with Crippen molar-refractivity contribution >= 4 is 42.1 Å². The highest BCUT2D eigenvalue weighted by Gasteiger charge is 2.24. The van der Waals surface area contributed by atoms with Gasteiger partial charge in [-0.05, 0) is 17.7 Å². The van der Waals surface area contributed by atoms with Crippen LogP contribution in [0.5, 0.6) is 0 Å². The fraction of sp³-hybridized carbons (Fsp3) is 0.0833. The first-order valence-corrected chi connectivity index (χ1v) is 8.63. The van der Waals surface area contributed by atoms with Gasteiger partial charge in [0.1, 0.15) is 15.3 Å². The summed E-state index contributed by atoms with van der Waals surface area (Å²) in [5.41, 5.74) is 7.00. The van der Waals surface area contributed by atoms with Crippen LogP contribution in [0.4, 0.5) is 5.00 Å². The molecule has 0 amide bonds. The maximum Gasteiger partial charge on any atom is 0.185 e. The molecule has 0 unspecified atom stereocenters. The van der Waals surface area contributed by atoms with Crippen LogP contribution in [0.25, 0.3) is 11.1 Å². The van der Waals surface area contributed by atoms with Gasteiger partial charge in [0.15, 0.2) is 9.84 Å². The molecular formula is C12H9BrN2O2S2. The molecule has 0 atom stereocenters. The monoisotopic (exact) mass is 356 g/mol. The van der Waals surface area contributed by atoms with Gasteiger partial charge in [-0.1, -0.05) is 28.1 Å². The van der Waals surface area contributed by atoms with Crippen molar-refractivity contribution in [2.45, 2.75) is 4.21 Å². The Hall–Kier alpha value is -1.36. The summed E-state index contributed by atoms with van der Waals surface area (Å²) in [6.07, 6.45) is 1.11. The summed E-state index contributed by atoms with van der Waals surface area (Å²) >= 11 is 4.24. The molecule has 4 nitrogen and oxygen atoms in total. The van der Waals surface area contributed by atoms with Crippen LogP contribution < -0.4 is 5.73 Å². The Bertz CT molecular complexity index is 771. The molecule has 1 aromatic heterocycles. The van der Waals surface area contributed by atoms with E-state index in [4.69, 9.17) is 11.0 Å². The molecule has 0 radical (unpaired) electrons. The number of nitriles is 1. The first-order chi connectivity index (χ1) is 8.84. The van der Waals surface area contributed by atoms with Gasteiger partial charge in [0, 0.05) is 16.3 Å². The Kier molecular flexibility index (Phi) is 3.67.